The molecule has 0 spiro atoms. The van der Waals surface area contributed by atoms with Crippen LogP contribution in [0.4, 0.5) is 0 Å². The Bertz CT molecular complexity index is 566. The van der Waals surface area contributed by atoms with Gasteiger partial charge in [-0.1, -0.05) is 19.9 Å². The Labute approximate surface area is 122 Å². The maximum Gasteiger partial charge on any atom is 0.182 e. The Morgan fingerprint density at radius 2 is 1.90 bits per heavy atom. The van der Waals surface area contributed by atoms with Crippen molar-refractivity contribution >= 4 is 9.84 Å². The maximum atomic E-state index is 12.8. The predicted octanol–water partition coefficient (Wildman–Crippen LogP) is 2.73. The standard InChI is InChI=1S/C16H25NO2S/c1-4-16(17-5-2)12(3)20(18,19)15-10-9-13-7-6-8-14(13)11-15/h9-12,16-17H,4-8H2,1-3H3. The van der Waals surface area contributed by atoms with Crippen LogP contribution in [0.2, 0.25) is 0 Å². The van der Waals surface area contributed by atoms with Crippen molar-refractivity contribution in [3.63, 3.8) is 0 Å². The molecule has 3 nitrogen and oxygen atoms in total. The summed E-state index contributed by atoms with van der Waals surface area (Å²) in [6.45, 7) is 6.65. The highest BCUT2D eigenvalue weighted by molar-refractivity contribution is 7.92. The van der Waals surface area contributed by atoms with Crippen LogP contribution in [0.5, 0.6) is 0 Å². The lowest BCUT2D eigenvalue weighted by Crippen LogP contribution is -2.42. The summed E-state index contributed by atoms with van der Waals surface area (Å²) in [4.78, 5) is 0.488. The average molecular weight is 295 g/mol. The largest absolute Gasteiger partial charge is 0.313 e. The molecule has 0 heterocycles. The van der Waals surface area contributed by atoms with Crippen molar-refractivity contribution in [2.24, 2.45) is 0 Å². The van der Waals surface area contributed by atoms with Crippen molar-refractivity contribution in [3.8, 4) is 0 Å². The first-order chi connectivity index (χ1) is 9.50. The van der Waals surface area contributed by atoms with Crippen LogP contribution in [-0.4, -0.2) is 26.3 Å². The Balaban J connectivity index is 2.29. The highest BCUT2D eigenvalue weighted by Gasteiger charge is 2.30. The smallest absolute Gasteiger partial charge is 0.182 e. The zero-order chi connectivity index (χ0) is 14.8. The first-order valence-corrected chi connectivity index (χ1v) is 9.14. The summed E-state index contributed by atoms with van der Waals surface area (Å²) in [6, 6.07) is 5.69. The molecule has 0 aliphatic heterocycles. The summed E-state index contributed by atoms with van der Waals surface area (Å²) in [6.07, 6.45) is 4.06. The van der Waals surface area contributed by atoms with Gasteiger partial charge in [-0.2, -0.15) is 0 Å². The van der Waals surface area contributed by atoms with E-state index in [9.17, 15) is 8.42 Å². The van der Waals surface area contributed by atoms with E-state index in [1.165, 1.54) is 11.1 Å². The fourth-order valence-electron chi connectivity index (χ4n) is 3.06. The van der Waals surface area contributed by atoms with Gasteiger partial charge in [0.15, 0.2) is 9.84 Å². The number of aryl methyl sites for hydroxylation is 2. The van der Waals surface area contributed by atoms with Crippen molar-refractivity contribution in [1.29, 1.82) is 0 Å². The van der Waals surface area contributed by atoms with Crippen molar-refractivity contribution in [1.82, 2.24) is 5.32 Å². The van der Waals surface area contributed by atoms with Gasteiger partial charge in [-0.3, -0.25) is 0 Å². The third-order valence-corrected chi connectivity index (χ3v) is 6.58. The Hall–Kier alpha value is -0.870. The van der Waals surface area contributed by atoms with Gasteiger partial charge < -0.3 is 5.32 Å². The van der Waals surface area contributed by atoms with E-state index in [-0.39, 0.29) is 6.04 Å². The summed E-state index contributed by atoms with van der Waals surface area (Å²) in [7, 11) is -3.26. The van der Waals surface area contributed by atoms with Gasteiger partial charge in [-0.05, 0) is 62.4 Å². The molecule has 1 aromatic carbocycles. The lowest BCUT2D eigenvalue weighted by molar-refractivity contribution is 0.483. The van der Waals surface area contributed by atoms with Crippen LogP contribution in [0.3, 0.4) is 0 Å². The molecule has 0 radical (unpaired) electrons. The van der Waals surface area contributed by atoms with Crippen molar-refractivity contribution in [3.05, 3.63) is 29.3 Å². The fraction of sp³-hybridized carbons (Fsp3) is 0.625. The number of fused-ring (bicyclic) bond motifs is 1. The van der Waals surface area contributed by atoms with E-state index in [0.717, 1.165) is 32.2 Å². The van der Waals surface area contributed by atoms with Crippen LogP contribution >= 0.6 is 0 Å². The van der Waals surface area contributed by atoms with Crippen LogP contribution in [0.15, 0.2) is 23.1 Å². The van der Waals surface area contributed by atoms with E-state index in [0.29, 0.717) is 4.90 Å². The molecule has 0 fully saturated rings. The van der Waals surface area contributed by atoms with E-state index in [1.807, 2.05) is 32.9 Å². The monoisotopic (exact) mass is 295 g/mol. The maximum absolute atomic E-state index is 12.8. The highest BCUT2D eigenvalue weighted by Crippen LogP contribution is 2.27. The van der Waals surface area contributed by atoms with E-state index in [1.54, 1.807) is 6.07 Å². The summed E-state index contributed by atoms with van der Waals surface area (Å²) in [5.74, 6) is 0. The summed E-state index contributed by atoms with van der Waals surface area (Å²) in [5.41, 5.74) is 2.53. The Morgan fingerprint density at radius 3 is 2.55 bits per heavy atom. The number of rotatable bonds is 6. The zero-order valence-electron chi connectivity index (χ0n) is 12.6. The highest BCUT2D eigenvalue weighted by atomic mass is 32.2. The predicted molar refractivity (Wildman–Crippen MR) is 82.9 cm³/mol. The van der Waals surface area contributed by atoms with Crippen LogP contribution in [0.1, 0.15) is 44.7 Å². The molecule has 0 saturated carbocycles. The van der Waals surface area contributed by atoms with Crippen LogP contribution in [0.25, 0.3) is 0 Å². The van der Waals surface area contributed by atoms with Gasteiger partial charge in [0, 0.05) is 6.04 Å². The van der Waals surface area contributed by atoms with Crippen molar-refractivity contribution < 1.29 is 8.42 Å². The lowest BCUT2D eigenvalue weighted by atomic mass is 10.1. The van der Waals surface area contributed by atoms with Gasteiger partial charge in [-0.25, -0.2) is 8.42 Å². The third-order valence-electron chi connectivity index (χ3n) is 4.36. The molecule has 2 atom stereocenters. The number of nitrogens with one attached hydrogen (secondary N) is 1. The average Bonchev–Trinajstić information content (AvgIpc) is 2.91. The molecule has 1 aliphatic rings. The lowest BCUT2D eigenvalue weighted by Gasteiger charge is -2.23. The molecule has 0 aromatic heterocycles. The minimum atomic E-state index is -3.26. The molecule has 20 heavy (non-hydrogen) atoms. The molecular formula is C16H25NO2S. The normalized spacial score (nSPS) is 17.8. The van der Waals surface area contributed by atoms with Gasteiger partial charge in [0.1, 0.15) is 0 Å². The molecule has 0 bridgehead atoms. The van der Waals surface area contributed by atoms with E-state index < -0.39 is 15.1 Å². The second-order valence-corrected chi connectivity index (χ2v) is 7.91. The SMILES string of the molecule is CCNC(CC)C(C)S(=O)(=O)c1ccc2c(c1)CCC2. The van der Waals surface area contributed by atoms with Gasteiger partial charge in [0.2, 0.25) is 0 Å². The van der Waals surface area contributed by atoms with E-state index in [2.05, 4.69) is 5.32 Å². The van der Waals surface area contributed by atoms with Gasteiger partial charge in [-0.15, -0.1) is 0 Å². The van der Waals surface area contributed by atoms with Crippen LogP contribution in [0, 0.1) is 0 Å². The number of sulfone groups is 1. The van der Waals surface area contributed by atoms with Crippen LogP contribution < -0.4 is 5.32 Å². The second kappa shape index (κ2) is 6.27. The number of hydrogen-bond donors (Lipinski definition) is 1. The molecule has 0 saturated heterocycles. The molecule has 4 heteroatoms. The zero-order valence-corrected chi connectivity index (χ0v) is 13.5. The molecule has 2 unspecified atom stereocenters. The van der Waals surface area contributed by atoms with Gasteiger partial charge in [0.05, 0.1) is 10.1 Å². The number of hydrogen-bond acceptors (Lipinski definition) is 3. The molecular weight excluding hydrogens is 270 g/mol. The first-order valence-electron chi connectivity index (χ1n) is 7.59. The minimum Gasteiger partial charge on any atom is -0.313 e. The molecule has 1 aromatic rings. The first kappa shape index (κ1) is 15.5. The number of benzene rings is 1. The Kier molecular flexibility index (Phi) is 4.86. The van der Waals surface area contributed by atoms with Gasteiger partial charge in [0.25, 0.3) is 0 Å². The molecule has 112 valence electrons. The quantitative estimate of drug-likeness (QED) is 0.878. The fourth-order valence-corrected chi connectivity index (χ4v) is 4.78. The second-order valence-electron chi connectivity index (χ2n) is 5.61. The minimum absolute atomic E-state index is 0.0123. The van der Waals surface area contributed by atoms with E-state index in [4.69, 9.17) is 0 Å². The third kappa shape index (κ3) is 2.91. The summed E-state index contributed by atoms with van der Waals surface area (Å²) >= 11 is 0. The Morgan fingerprint density at radius 1 is 1.20 bits per heavy atom. The van der Waals surface area contributed by atoms with Crippen molar-refractivity contribution in [2.75, 3.05) is 6.54 Å². The summed E-state index contributed by atoms with van der Waals surface area (Å²) < 4.78 is 25.5. The van der Waals surface area contributed by atoms with Crippen LogP contribution in [-0.2, 0) is 22.7 Å². The topological polar surface area (TPSA) is 46.2 Å². The molecule has 1 N–H and O–H groups in total. The van der Waals surface area contributed by atoms with Gasteiger partial charge >= 0.3 is 0 Å². The summed E-state index contributed by atoms with van der Waals surface area (Å²) in [5, 5.41) is 2.88. The van der Waals surface area contributed by atoms with E-state index >= 15 is 0 Å². The molecule has 1 aliphatic carbocycles. The molecule has 0 amide bonds. The van der Waals surface area contributed by atoms with Crippen molar-refractivity contribution in [2.45, 2.75) is 62.6 Å². The molecule has 2 rings (SSSR count).